The van der Waals surface area contributed by atoms with E-state index in [1.165, 1.54) is 12.8 Å². The number of hydrogen-bond acceptors (Lipinski definition) is 2. The van der Waals surface area contributed by atoms with Crippen molar-refractivity contribution in [2.75, 3.05) is 6.54 Å². The Balaban J connectivity index is 0.000000483. The Morgan fingerprint density at radius 1 is 1.11 bits per heavy atom. The van der Waals surface area contributed by atoms with E-state index in [9.17, 15) is 9.59 Å². The molecule has 153 valence electrons. The zero-order valence-corrected chi connectivity index (χ0v) is 21.1. The minimum atomic E-state index is -0.252. The van der Waals surface area contributed by atoms with Crippen LogP contribution in [-0.2, 0) is 42.3 Å². The molecule has 0 heterocycles. The fraction of sp³-hybridized carbons (Fsp3) is 0.739. The summed E-state index contributed by atoms with van der Waals surface area (Å²) in [6.45, 7) is 20.3. The maximum atomic E-state index is 11.8. The van der Waals surface area contributed by atoms with Crippen molar-refractivity contribution >= 4 is 11.7 Å². The molecule has 1 fully saturated rings. The fourth-order valence-corrected chi connectivity index (χ4v) is 4.02. The number of rotatable bonds is 5. The van der Waals surface area contributed by atoms with Crippen LogP contribution in [0.15, 0.2) is 12.2 Å². The number of hydrogen-bond donors (Lipinski definition) is 1. The van der Waals surface area contributed by atoms with Gasteiger partial charge in [0.1, 0.15) is 5.78 Å². The number of amides is 1. The minimum Gasteiger partial charge on any atom is -0.386 e. The summed E-state index contributed by atoms with van der Waals surface area (Å²) in [5, 5.41) is 2.76. The topological polar surface area (TPSA) is 46.2 Å². The molecule has 3 nitrogen and oxygen atoms in total. The SMILES string of the molecule is [CH2-]C(CC(C)(C)C)C(=O)C(C)(C)C.[CH2-]CNC(=O)CC1CC2C=CC1C2.[Y]. The van der Waals surface area contributed by atoms with Gasteiger partial charge in [0.2, 0.25) is 5.91 Å². The maximum absolute atomic E-state index is 11.8. The van der Waals surface area contributed by atoms with Gasteiger partial charge in [0.15, 0.2) is 0 Å². The van der Waals surface area contributed by atoms with Crippen LogP contribution >= 0.6 is 0 Å². The summed E-state index contributed by atoms with van der Waals surface area (Å²) in [5.41, 5.74) is -0.0645. The van der Waals surface area contributed by atoms with Crippen LogP contribution in [-0.4, -0.2) is 18.2 Å². The van der Waals surface area contributed by atoms with E-state index >= 15 is 0 Å². The average Bonchev–Trinajstić information content (AvgIpc) is 3.07. The fourth-order valence-electron chi connectivity index (χ4n) is 4.02. The van der Waals surface area contributed by atoms with Crippen molar-refractivity contribution in [2.45, 2.75) is 67.2 Å². The van der Waals surface area contributed by atoms with E-state index < -0.39 is 0 Å². The van der Waals surface area contributed by atoms with Gasteiger partial charge in [-0.15, -0.1) is 12.5 Å². The third-order valence-corrected chi connectivity index (χ3v) is 5.15. The molecule has 27 heavy (non-hydrogen) atoms. The Kier molecular flexibility index (Phi) is 11.2. The third kappa shape index (κ3) is 9.83. The van der Waals surface area contributed by atoms with Crippen molar-refractivity contribution in [1.29, 1.82) is 0 Å². The van der Waals surface area contributed by atoms with Crippen LogP contribution in [0.5, 0.6) is 0 Å². The molecule has 0 saturated heterocycles. The number of ketones is 1. The van der Waals surface area contributed by atoms with Gasteiger partial charge >= 0.3 is 0 Å². The number of nitrogens with one attached hydrogen (secondary N) is 1. The largest absolute Gasteiger partial charge is 0.386 e. The second-order valence-electron chi connectivity index (χ2n) is 10.2. The number of fused-ring (bicyclic) bond motifs is 2. The molecule has 1 N–H and O–H groups in total. The van der Waals surface area contributed by atoms with E-state index in [0.717, 1.165) is 12.3 Å². The van der Waals surface area contributed by atoms with Crippen LogP contribution in [0.4, 0.5) is 0 Å². The van der Waals surface area contributed by atoms with Crippen LogP contribution in [0, 0.1) is 48.3 Å². The molecular formula is C23H39NO2Y-2. The molecule has 0 spiro atoms. The van der Waals surface area contributed by atoms with Crippen molar-refractivity contribution in [3.8, 4) is 0 Å². The van der Waals surface area contributed by atoms with E-state index in [2.05, 4.69) is 52.1 Å². The van der Waals surface area contributed by atoms with Gasteiger partial charge in [-0.2, -0.15) is 0 Å². The summed E-state index contributed by atoms with van der Waals surface area (Å²) in [7, 11) is 0. The second-order valence-corrected chi connectivity index (χ2v) is 10.2. The van der Waals surface area contributed by atoms with Crippen molar-refractivity contribution < 1.29 is 42.3 Å². The molecule has 2 aliphatic rings. The zero-order valence-electron chi connectivity index (χ0n) is 18.3. The van der Waals surface area contributed by atoms with Gasteiger partial charge in [-0.3, -0.25) is 4.79 Å². The Labute approximate surface area is 192 Å². The molecule has 0 aromatic carbocycles. The van der Waals surface area contributed by atoms with Crippen LogP contribution in [0.25, 0.3) is 0 Å². The smallest absolute Gasteiger partial charge is 0.217 e. The van der Waals surface area contributed by atoms with Gasteiger partial charge in [0.05, 0.1) is 0 Å². The summed E-state index contributed by atoms with van der Waals surface area (Å²) in [4.78, 5) is 23.1. The number of Topliss-reactive ketones (excluding diaryl/α,β-unsaturated/α-hetero) is 1. The molecule has 2 bridgehead atoms. The Morgan fingerprint density at radius 2 is 1.70 bits per heavy atom. The molecule has 4 heteroatoms. The van der Waals surface area contributed by atoms with E-state index in [0.29, 0.717) is 24.8 Å². The number of carbonyl (C=O) groups excluding carboxylic acids is 2. The van der Waals surface area contributed by atoms with Crippen LogP contribution in [0.1, 0.15) is 67.2 Å². The summed E-state index contributed by atoms with van der Waals surface area (Å²) < 4.78 is 0. The first kappa shape index (κ1) is 27.0. The Morgan fingerprint density at radius 3 is 2.07 bits per heavy atom. The summed E-state index contributed by atoms with van der Waals surface area (Å²) in [6, 6.07) is 0. The third-order valence-electron chi connectivity index (χ3n) is 5.15. The van der Waals surface area contributed by atoms with Crippen molar-refractivity contribution in [3.63, 3.8) is 0 Å². The normalized spacial score (nSPS) is 24.5. The monoisotopic (exact) mass is 450 g/mol. The van der Waals surface area contributed by atoms with Gasteiger partial charge in [-0.05, 0) is 36.0 Å². The first-order valence-corrected chi connectivity index (χ1v) is 9.95. The van der Waals surface area contributed by atoms with E-state index in [4.69, 9.17) is 0 Å². The molecule has 0 aromatic heterocycles. The van der Waals surface area contributed by atoms with Crippen molar-refractivity contribution in [3.05, 3.63) is 26.0 Å². The molecule has 1 radical (unpaired) electrons. The predicted molar refractivity (Wildman–Crippen MR) is 109 cm³/mol. The summed E-state index contributed by atoms with van der Waals surface area (Å²) in [5.74, 6) is 2.41. The molecule has 2 aliphatic carbocycles. The van der Waals surface area contributed by atoms with Gasteiger partial charge in [-0.1, -0.05) is 60.1 Å². The molecule has 1 saturated carbocycles. The van der Waals surface area contributed by atoms with Gasteiger partial charge in [0.25, 0.3) is 0 Å². The Bertz CT molecular complexity index is 513. The van der Waals surface area contributed by atoms with Gasteiger partial charge < -0.3 is 24.0 Å². The summed E-state index contributed by atoms with van der Waals surface area (Å²) in [6.07, 6.45) is 8.65. The Hall–Kier alpha value is -0.0161. The van der Waals surface area contributed by atoms with Crippen molar-refractivity contribution in [1.82, 2.24) is 5.32 Å². The van der Waals surface area contributed by atoms with Crippen LogP contribution < -0.4 is 5.32 Å². The number of allylic oxidation sites excluding steroid dienone is 2. The quantitative estimate of drug-likeness (QED) is 0.472. The van der Waals surface area contributed by atoms with Gasteiger partial charge in [-0.25, -0.2) is 0 Å². The first-order valence-electron chi connectivity index (χ1n) is 9.95. The molecule has 0 aromatic rings. The molecule has 4 atom stereocenters. The van der Waals surface area contributed by atoms with E-state index in [-0.39, 0.29) is 61.1 Å². The second kappa shape index (κ2) is 11.2. The number of carbonyl (C=O) groups is 2. The van der Waals surface area contributed by atoms with Gasteiger partial charge in [0, 0.05) is 44.5 Å². The van der Waals surface area contributed by atoms with Crippen molar-refractivity contribution in [2.24, 2.45) is 34.5 Å². The predicted octanol–water partition coefficient (Wildman–Crippen LogP) is 5.02. The minimum absolute atomic E-state index is 0. The molecular weight excluding hydrogens is 411 g/mol. The molecule has 1 amide bonds. The van der Waals surface area contributed by atoms with E-state index in [1.54, 1.807) is 0 Å². The first-order chi connectivity index (χ1) is 11.8. The van der Waals surface area contributed by atoms with E-state index in [1.807, 2.05) is 20.8 Å². The molecule has 4 unspecified atom stereocenters. The molecule has 2 rings (SSSR count). The van der Waals surface area contributed by atoms with Crippen LogP contribution in [0.3, 0.4) is 0 Å². The standard InChI is InChI=1S/C12H23O.C11H16NO.Y/c1-9(8-11(2,3)4)10(13)12(5,6)7;1-2-12-11(13)7-10-6-8-3-4-9(10)5-8;/h9H,1,8H2,2-7H3;3-4,8-10H,1-2,5-7H2,(H,12,13);/q2*-1;. The average molecular weight is 450 g/mol. The summed E-state index contributed by atoms with van der Waals surface area (Å²) >= 11 is 0. The maximum Gasteiger partial charge on any atom is 0.217 e. The van der Waals surface area contributed by atoms with Crippen LogP contribution in [0.2, 0.25) is 0 Å². The molecule has 0 aliphatic heterocycles. The zero-order chi connectivity index (χ0) is 20.1.